The second-order valence-corrected chi connectivity index (χ2v) is 6.76. The first-order valence-electron chi connectivity index (χ1n) is 9.40. The number of hydrogen-bond donors (Lipinski definition) is 4. The summed E-state index contributed by atoms with van der Waals surface area (Å²) in [4.78, 5) is 2.23. The number of rotatable bonds is 10. The zero-order valence-corrected chi connectivity index (χ0v) is 15.8. The Bertz CT molecular complexity index is 889. The Morgan fingerprint density at radius 3 is 2.68 bits per heavy atom. The first-order valence-corrected chi connectivity index (χ1v) is 9.40. The molecule has 1 aromatic heterocycles. The molecule has 28 heavy (non-hydrogen) atoms. The van der Waals surface area contributed by atoms with Gasteiger partial charge in [0.2, 0.25) is 0 Å². The van der Waals surface area contributed by atoms with E-state index in [4.69, 9.17) is 15.4 Å². The molecule has 3 rings (SSSR count). The molecule has 1 heterocycles. The van der Waals surface area contributed by atoms with Crippen molar-refractivity contribution < 1.29 is 14.7 Å². The van der Waals surface area contributed by atoms with Gasteiger partial charge < -0.3 is 20.5 Å². The lowest BCUT2D eigenvalue weighted by Crippen LogP contribution is -2.32. The van der Waals surface area contributed by atoms with Crippen molar-refractivity contribution in [2.24, 2.45) is 5.73 Å². The molecule has 3 aromatic rings. The largest absolute Gasteiger partial charge is 0.464 e. The highest BCUT2D eigenvalue weighted by atomic mass is 16.5. The summed E-state index contributed by atoms with van der Waals surface area (Å²) in [6, 6.07) is 16.3. The van der Waals surface area contributed by atoms with Crippen molar-refractivity contribution in [1.82, 2.24) is 10.4 Å². The van der Waals surface area contributed by atoms with E-state index in [9.17, 15) is 5.11 Å². The van der Waals surface area contributed by atoms with Gasteiger partial charge in [-0.05, 0) is 29.2 Å². The summed E-state index contributed by atoms with van der Waals surface area (Å²) in [6.07, 6.45) is 5.53. The van der Waals surface area contributed by atoms with Gasteiger partial charge in [-0.1, -0.05) is 54.6 Å². The van der Waals surface area contributed by atoms with E-state index >= 15 is 0 Å². The van der Waals surface area contributed by atoms with Crippen LogP contribution in [0.15, 0.2) is 65.3 Å². The number of nitrogens with one attached hydrogen (secondary N) is 1. The van der Waals surface area contributed by atoms with Crippen molar-refractivity contribution in [2.45, 2.75) is 19.1 Å². The molecule has 0 bridgehead atoms. The highest BCUT2D eigenvalue weighted by molar-refractivity contribution is 5.80. The summed E-state index contributed by atoms with van der Waals surface area (Å²) in [5.41, 5.74) is 11.9. The highest BCUT2D eigenvalue weighted by Crippen LogP contribution is 2.20. The molecule has 0 radical (unpaired) electrons. The minimum atomic E-state index is -0.585. The van der Waals surface area contributed by atoms with E-state index in [0.717, 1.165) is 36.0 Å². The van der Waals surface area contributed by atoms with Crippen LogP contribution in [-0.4, -0.2) is 41.1 Å². The number of aliphatic hydroxyl groups excluding tert-OH is 1. The Morgan fingerprint density at radius 2 is 1.93 bits per heavy atom. The summed E-state index contributed by atoms with van der Waals surface area (Å²) in [6.45, 7) is 2.33. The molecule has 0 aliphatic carbocycles. The molecule has 2 aromatic carbocycles. The third-order valence-electron chi connectivity index (χ3n) is 4.71. The molecular formula is C22H27N3O3. The van der Waals surface area contributed by atoms with Gasteiger partial charge in [-0.15, -0.1) is 0 Å². The van der Waals surface area contributed by atoms with Crippen LogP contribution < -0.4 is 11.2 Å². The second-order valence-electron chi connectivity index (χ2n) is 6.76. The van der Waals surface area contributed by atoms with Crippen LogP contribution in [0.4, 0.5) is 0 Å². The van der Waals surface area contributed by atoms with Crippen LogP contribution in [0.25, 0.3) is 17.0 Å². The number of fused-ring (bicyclic) bond motifs is 1. The number of furan rings is 1. The molecule has 0 amide bonds. The second kappa shape index (κ2) is 10.2. The van der Waals surface area contributed by atoms with Gasteiger partial charge in [0.1, 0.15) is 5.58 Å². The lowest BCUT2D eigenvalue weighted by Gasteiger charge is -2.21. The molecule has 0 aliphatic heterocycles. The zero-order chi connectivity index (χ0) is 19.8. The summed E-state index contributed by atoms with van der Waals surface area (Å²) in [7, 11) is 0. The van der Waals surface area contributed by atoms with Gasteiger partial charge in [0.25, 0.3) is 0 Å². The van der Waals surface area contributed by atoms with Gasteiger partial charge in [-0.2, -0.15) is 5.48 Å². The van der Waals surface area contributed by atoms with Crippen molar-refractivity contribution in [1.29, 1.82) is 0 Å². The topological polar surface area (TPSA) is 94.9 Å². The molecule has 1 unspecified atom stereocenters. The average Bonchev–Trinajstić information content (AvgIpc) is 3.21. The predicted octanol–water partition coefficient (Wildman–Crippen LogP) is 2.75. The van der Waals surface area contributed by atoms with Gasteiger partial charge in [-0.3, -0.25) is 4.90 Å². The van der Waals surface area contributed by atoms with Gasteiger partial charge in [0, 0.05) is 25.0 Å². The van der Waals surface area contributed by atoms with Gasteiger partial charge in [0.15, 0.2) is 0 Å². The van der Waals surface area contributed by atoms with Crippen LogP contribution >= 0.6 is 0 Å². The van der Waals surface area contributed by atoms with E-state index in [1.54, 1.807) is 12.3 Å². The number of nitrogens with zero attached hydrogens (tertiary/aromatic N) is 1. The molecule has 1 atom stereocenters. The SMILES string of the molecule is NC(/C=C/c1ccc(CN(CCO)CCc2cccc3ccoc23)cc1)NO. The van der Waals surface area contributed by atoms with E-state index in [-0.39, 0.29) is 6.61 Å². The Hall–Kier alpha value is -2.48. The molecule has 0 saturated heterocycles. The van der Waals surface area contributed by atoms with Gasteiger partial charge in [0.05, 0.1) is 19.0 Å². The minimum Gasteiger partial charge on any atom is -0.464 e. The summed E-state index contributed by atoms with van der Waals surface area (Å²) in [5, 5.41) is 19.3. The maximum absolute atomic E-state index is 9.43. The molecule has 0 saturated carbocycles. The third kappa shape index (κ3) is 5.51. The average molecular weight is 381 g/mol. The van der Waals surface area contributed by atoms with Crippen LogP contribution in [0, 0.1) is 0 Å². The van der Waals surface area contributed by atoms with Gasteiger partial charge >= 0.3 is 0 Å². The normalized spacial score (nSPS) is 13.0. The van der Waals surface area contributed by atoms with E-state index < -0.39 is 6.17 Å². The number of hydroxylamine groups is 1. The van der Waals surface area contributed by atoms with E-state index in [0.29, 0.717) is 6.54 Å². The number of nitrogens with two attached hydrogens (primary N) is 1. The Kier molecular flexibility index (Phi) is 7.36. The molecule has 0 aliphatic rings. The van der Waals surface area contributed by atoms with Crippen molar-refractivity contribution in [3.8, 4) is 0 Å². The van der Waals surface area contributed by atoms with Crippen molar-refractivity contribution in [3.05, 3.63) is 77.6 Å². The number of hydrogen-bond acceptors (Lipinski definition) is 6. The molecule has 5 N–H and O–H groups in total. The third-order valence-corrected chi connectivity index (χ3v) is 4.71. The van der Waals surface area contributed by atoms with Crippen molar-refractivity contribution in [3.63, 3.8) is 0 Å². The van der Waals surface area contributed by atoms with Crippen LogP contribution in [0.3, 0.4) is 0 Å². The fourth-order valence-electron chi connectivity index (χ4n) is 3.19. The monoisotopic (exact) mass is 381 g/mol. The zero-order valence-electron chi connectivity index (χ0n) is 15.8. The first kappa shape index (κ1) is 20.3. The molecular weight excluding hydrogens is 354 g/mol. The van der Waals surface area contributed by atoms with Crippen LogP contribution in [0.2, 0.25) is 0 Å². The fourth-order valence-corrected chi connectivity index (χ4v) is 3.19. The summed E-state index contributed by atoms with van der Waals surface area (Å²) in [5.74, 6) is 0. The fraction of sp³-hybridized carbons (Fsp3) is 0.273. The maximum atomic E-state index is 9.43. The Morgan fingerprint density at radius 1 is 1.11 bits per heavy atom. The quantitative estimate of drug-likeness (QED) is 0.319. The van der Waals surface area contributed by atoms with Crippen molar-refractivity contribution >= 4 is 17.0 Å². The highest BCUT2D eigenvalue weighted by Gasteiger charge is 2.09. The number of aliphatic hydroxyl groups is 1. The maximum Gasteiger partial charge on any atom is 0.137 e. The van der Waals surface area contributed by atoms with Crippen LogP contribution in [0.1, 0.15) is 16.7 Å². The standard InChI is InChI=1S/C22H27N3O3/c23-21(24-27)9-8-17-4-6-18(7-5-17)16-25(13-14-26)12-10-19-2-1-3-20-11-15-28-22(19)20/h1-9,11,15,21,24,26-27H,10,12-14,16,23H2/b9-8+. The van der Waals surface area contributed by atoms with E-state index in [1.165, 1.54) is 11.1 Å². The lowest BCUT2D eigenvalue weighted by molar-refractivity contribution is 0.146. The lowest BCUT2D eigenvalue weighted by atomic mass is 10.1. The first-order chi connectivity index (χ1) is 13.7. The van der Waals surface area contributed by atoms with E-state index in [2.05, 4.69) is 23.1 Å². The molecule has 6 heteroatoms. The predicted molar refractivity (Wildman–Crippen MR) is 111 cm³/mol. The Balaban J connectivity index is 1.61. The number of para-hydroxylation sites is 1. The summed E-state index contributed by atoms with van der Waals surface area (Å²) >= 11 is 0. The Labute approximate surface area is 164 Å². The molecule has 0 spiro atoms. The van der Waals surface area contributed by atoms with Crippen molar-refractivity contribution in [2.75, 3.05) is 19.7 Å². The molecule has 0 fully saturated rings. The van der Waals surface area contributed by atoms with Gasteiger partial charge in [-0.25, -0.2) is 0 Å². The molecule has 6 nitrogen and oxygen atoms in total. The minimum absolute atomic E-state index is 0.123. The summed E-state index contributed by atoms with van der Waals surface area (Å²) < 4.78 is 5.62. The molecule has 148 valence electrons. The number of benzene rings is 2. The van der Waals surface area contributed by atoms with Crippen LogP contribution in [0.5, 0.6) is 0 Å². The van der Waals surface area contributed by atoms with E-state index in [1.807, 2.05) is 41.9 Å². The smallest absolute Gasteiger partial charge is 0.137 e. The van der Waals surface area contributed by atoms with Crippen LogP contribution in [-0.2, 0) is 13.0 Å².